The second kappa shape index (κ2) is 18.7. The molecule has 0 saturated carbocycles. The normalized spacial score (nSPS) is 11.9. The highest BCUT2D eigenvalue weighted by Crippen LogP contribution is 2.36. The zero-order valence-corrected chi connectivity index (χ0v) is 37.2. The molecule has 0 bridgehead atoms. The molecule has 0 aromatic heterocycles. The van der Waals surface area contributed by atoms with Crippen molar-refractivity contribution in [3.63, 3.8) is 0 Å². The van der Waals surface area contributed by atoms with Crippen LogP contribution in [0.1, 0.15) is 83.1 Å². The molecule has 0 aliphatic rings. The number of ether oxygens (including phenoxy) is 2. The van der Waals surface area contributed by atoms with Gasteiger partial charge in [-0.15, -0.1) is 0 Å². The lowest BCUT2D eigenvalue weighted by Gasteiger charge is -2.26. The minimum Gasteiger partial charge on any atom is -0.459 e. The molecule has 320 valence electrons. The molecule has 10 nitrogen and oxygen atoms in total. The van der Waals surface area contributed by atoms with Crippen molar-refractivity contribution in [2.45, 2.75) is 98.2 Å². The van der Waals surface area contributed by atoms with Gasteiger partial charge in [0.2, 0.25) is 11.8 Å². The third kappa shape index (κ3) is 10.9. The van der Waals surface area contributed by atoms with Gasteiger partial charge >= 0.3 is 12.1 Å². The van der Waals surface area contributed by atoms with Crippen molar-refractivity contribution in [1.29, 1.82) is 0 Å². The van der Waals surface area contributed by atoms with Crippen LogP contribution in [0.3, 0.4) is 0 Å². The number of amides is 3. The Bertz CT molecular complexity index is 2470. The van der Waals surface area contributed by atoms with Gasteiger partial charge in [0.15, 0.2) is 0 Å². The second-order valence-electron chi connectivity index (χ2n) is 18.0. The fourth-order valence-electron chi connectivity index (χ4n) is 8.05. The van der Waals surface area contributed by atoms with Crippen molar-refractivity contribution in [3.8, 4) is 0 Å². The zero-order chi connectivity index (χ0) is 44.1. The number of hydrogen-bond acceptors (Lipinski definition) is 7. The molecule has 0 atom stereocenters. The van der Waals surface area contributed by atoms with Crippen LogP contribution < -0.4 is 5.32 Å². The first-order chi connectivity index (χ1) is 28.9. The number of nitrogens with one attached hydrogen (secondary N) is 1. The van der Waals surface area contributed by atoms with E-state index >= 15 is 0 Å². The molecule has 3 amide bonds. The summed E-state index contributed by atoms with van der Waals surface area (Å²) in [5.74, 6) is -0.373. The van der Waals surface area contributed by atoms with Gasteiger partial charge in [-0.25, -0.2) is 4.79 Å². The van der Waals surface area contributed by atoms with Crippen LogP contribution >= 0.6 is 0 Å². The minimum absolute atomic E-state index is 0.0318. The number of esters is 1. The third-order valence-electron chi connectivity index (χ3n) is 10.8. The number of hydrogen-bond donors (Lipinski definition) is 1. The summed E-state index contributed by atoms with van der Waals surface area (Å²) < 4.78 is 11.1. The predicted molar refractivity (Wildman–Crippen MR) is 245 cm³/mol. The summed E-state index contributed by atoms with van der Waals surface area (Å²) in [5.41, 5.74) is 3.02. The minimum atomic E-state index is -0.607. The lowest BCUT2D eigenvalue weighted by Crippen LogP contribution is -2.34. The first-order valence-corrected chi connectivity index (χ1v) is 21.1. The fourth-order valence-corrected chi connectivity index (χ4v) is 8.05. The third-order valence-corrected chi connectivity index (χ3v) is 10.8. The number of fused-ring (bicyclic) bond motifs is 4. The molecular weight excluding hydrogens is 765 g/mol. The molecule has 0 fully saturated rings. The van der Waals surface area contributed by atoms with E-state index in [0.717, 1.165) is 65.3 Å². The van der Waals surface area contributed by atoms with Crippen LogP contribution in [-0.2, 0) is 50.0 Å². The molecule has 0 heterocycles. The second-order valence-corrected chi connectivity index (χ2v) is 18.0. The Morgan fingerprint density at radius 3 is 1.11 bits per heavy atom. The van der Waals surface area contributed by atoms with Crippen molar-refractivity contribution in [2.24, 2.45) is 0 Å². The molecule has 0 spiro atoms. The monoisotopic (exact) mass is 824 g/mol. The highest BCUT2D eigenvalue weighted by molar-refractivity contribution is 6.07. The van der Waals surface area contributed by atoms with Crippen LogP contribution in [0.5, 0.6) is 0 Å². The van der Waals surface area contributed by atoms with Crippen molar-refractivity contribution < 1.29 is 28.7 Å². The van der Waals surface area contributed by atoms with Gasteiger partial charge in [0, 0.05) is 60.2 Å². The van der Waals surface area contributed by atoms with Gasteiger partial charge in [-0.05, 0) is 113 Å². The molecule has 6 aromatic carbocycles. The molecule has 0 unspecified atom stereocenters. The standard InChI is InChI=1S/C51H60N4O6/c1-50(2,3)60-48(58)30-52-29-42-34-19-10-12-21-36(34)43(37-22-13-11-20-35(37)42)31-53(7)46(56)27-18-28-47(57)54(8)32-44-38-23-14-16-25-40(38)45(41-26-17-15-24-39(41)44)33-55(9)49(59)61-51(4,5)6/h10-17,19-26,52H,18,27-33H2,1-9H3. The van der Waals surface area contributed by atoms with Gasteiger partial charge in [-0.1, -0.05) is 97.1 Å². The SMILES string of the molecule is CN(Cc1c2ccccc2c(CNCC(=O)OC(C)(C)C)c2ccccc12)C(=O)CCCC(=O)N(C)Cc1c2ccccc2c(CN(C)C(=O)OC(C)(C)C)c2ccccc12. The number of benzene rings is 6. The van der Waals surface area contributed by atoms with Crippen molar-refractivity contribution in [2.75, 3.05) is 27.7 Å². The maximum atomic E-state index is 13.7. The molecule has 0 saturated heterocycles. The van der Waals surface area contributed by atoms with Crippen LogP contribution in [0.15, 0.2) is 97.1 Å². The van der Waals surface area contributed by atoms with Gasteiger partial charge in [-0.2, -0.15) is 0 Å². The largest absolute Gasteiger partial charge is 0.459 e. The maximum absolute atomic E-state index is 13.7. The highest BCUT2D eigenvalue weighted by atomic mass is 16.6. The Hall–Kier alpha value is -6.00. The Balaban J connectivity index is 1.13. The summed E-state index contributed by atoms with van der Waals surface area (Å²) in [6.07, 6.45) is 0.512. The van der Waals surface area contributed by atoms with Crippen molar-refractivity contribution >= 4 is 67.0 Å². The van der Waals surface area contributed by atoms with Crippen LogP contribution in [-0.4, -0.2) is 77.5 Å². The lowest BCUT2D eigenvalue weighted by atomic mass is 9.91. The zero-order valence-electron chi connectivity index (χ0n) is 37.2. The maximum Gasteiger partial charge on any atom is 0.410 e. The van der Waals surface area contributed by atoms with E-state index in [1.54, 1.807) is 21.7 Å². The molecule has 0 radical (unpaired) electrons. The van der Waals surface area contributed by atoms with Crippen molar-refractivity contribution in [3.05, 3.63) is 119 Å². The summed E-state index contributed by atoms with van der Waals surface area (Å²) in [5, 5.41) is 11.6. The number of nitrogens with zero attached hydrogens (tertiary/aromatic N) is 3. The Kier molecular flexibility index (Phi) is 13.7. The van der Waals surface area contributed by atoms with Gasteiger partial charge in [0.1, 0.15) is 11.2 Å². The molecule has 6 aromatic rings. The molecule has 0 aliphatic heterocycles. The van der Waals surface area contributed by atoms with E-state index in [4.69, 9.17) is 9.47 Å². The molecule has 6 rings (SSSR count). The van der Waals surface area contributed by atoms with Crippen LogP contribution in [0.4, 0.5) is 4.79 Å². The summed E-state index contributed by atoms with van der Waals surface area (Å²) in [6, 6.07) is 32.7. The molecule has 1 N–H and O–H groups in total. The van der Waals surface area contributed by atoms with E-state index in [9.17, 15) is 19.2 Å². The Morgan fingerprint density at radius 2 is 0.787 bits per heavy atom. The summed E-state index contributed by atoms with van der Waals surface area (Å²) >= 11 is 0. The van der Waals surface area contributed by atoms with Crippen LogP contribution in [0.25, 0.3) is 43.1 Å². The summed E-state index contributed by atoms with van der Waals surface area (Å²) in [7, 11) is 5.39. The first kappa shape index (κ1) is 44.5. The summed E-state index contributed by atoms with van der Waals surface area (Å²) in [4.78, 5) is 57.9. The van der Waals surface area contributed by atoms with Gasteiger partial charge in [-0.3, -0.25) is 14.4 Å². The van der Waals surface area contributed by atoms with E-state index in [-0.39, 0.29) is 37.2 Å². The fraction of sp³-hybridized carbons (Fsp3) is 0.373. The summed E-state index contributed by atoms with van der Waals surface area (Å²) in [6.45, 7) is 12.9. The van der Waals surface area contributed by atoms with Gasteiger partial charge in [0.05, 0.1) is 6.54 Å². The quantitative estimate of drug-likeness (QED) is 0.0861. The smallest absolute Gasteiger partial charge is 0.410 e. The van der Waals surface area contributed by atoms with E-state index in [2.05, 4.69) is 53.8 Å². The van der Waals surface area contributed by atoms with Gasteiger partial charge in [0.25, 0.3) is 0 Å². The average Bonchev–Trinajstić information content (AvgIpc) is 3.21. The molecular formula is C51H60N4O6. The number of carbonyl (C=O) groups excluding carboxylic acids is 4. The van der Waals surface area contributed by atoms with E-state index in [1.165, 1.54) is 0 Å². The Labute approximate surface area is 359 Å². The van der Waals surface area contributed by atoms with Crippen LogP contribution in [0, 0.1) is 0 Å². The first-order valence-electron chi connectivity index (χ1n) is 21.1. The molecule has 10 heteroatoms. The van der Waals surface area contributed by atoms with Gasteiger partial charge < -0.3 is 29.5 Å². The number of rotatable bonds is 14. The predicted octanol–water partition coefficient (Wildman–Crippen LogP) is 9.88. The van der Waals surface area contributed by atoms with E-state index in [1.807, 2.05) is 104 Å². The highest BCUT2D eigenvalue weighted by Gasteiger charge is 2.24. The van der Waals surface area contributed by atoms with Crippen LogP contribution in [0.2, 0.25) is 0 Å². The van der Waals surface area contributed by atoms with Crippen molar-refractivity contribution in [1.82, 2.24) is 20.0 Å². The van der Waals surface area contributed by atoms with E-state index < -0.39 is 17.3 Å². The molecule has 0 aliphatic carbocycles. The Morgan fingerprint density at radius 1 is 0.475 bits per heavy atom. The average molecular weight is 825 g/mol. The number of carbonyl (C=O) groups is 4. The topological polar surface area (TPSA) is 108 Å². The van der Waals surface area contributed by atoms with E-state index in [0.29, 0.717) is 32.6 Å². The lowest BCUT2D eigenvalue weighted by molar-refractivity contribution is -0.153. The molecule has 61 heavy (non-hydrogen) atoms.